The molecule has 0 saturated heterocycles. The van der Waals surface area contributed by atoms with Gasteiger partial charge in [0.15, 0.2) is 0 Å². The van der Waals surface area contributed by atoms with Gasteiger partial charge in [-0.05, 0) is 24.6 Å². The van der Waals surface area contributed by atoms with Crippen LogP contribution in [0.1, 0.15) is 12.5 Å². The highest BCUT2D eigenvalue weighted by Crippen LogP contribution is 2.18. The largest absolute Gasteiger partial charge is 0.481 e. The van der Waals surface area contributed by atoms with Gasteiger partial charge in [-0.15, -0.1) is 0 Å². The maximum atomic E-state index is 12.3. The van der Waals surface area contributed by atoms with Crippen molar-refractivity contribution in [1.29, 1.82) is 0 Å². The molecule has 5 nitrogen and oxygen atoms in total. The molecule has 1 aromatic carbocycles. The van der Waals surface area contributed by atoms with Crippen LogP contribution in [0.3, 0.4) is 0 Å². The monoisotopic (exact) mass is 304 g/mol. The van der Waals surface area contributed by atoms with Crippen molar-refractivity contribution in [2.45, 2.75) is 19.5 Å². The van der Waals surface area contributed by atoms with Crippen molar-refractivity contribution in [3.63, 3.8) is 0 Å². The number of amides is 2. The maximum Gasteiger partial charge on any atom is 0.406 e. The van der Waals surface area contributed by atoms with Gasteiger partial charge < -0.3 is 15.3 Å². The number of hydrogen-bond donors (Lipinski definition) is 2. The zero-order valence-electron chi connectivity index (χ0n) is 11.3. The number of nitrogens with one attached hydrogen (secondary N) is 1. The van der Waals surface area contributed by atoms with Gasteiger partial charge in [-0.3, -0.25) is 4.79 Å². The zero-order valence-corrected chi connectivity index (χ0v) is 11.3. The molecule has 8 heteroatoms. The van der Waals surface area contributed by atoms with Crippen LogP contribution in [0.5, 0.6) is 0 Å². The van der Waals surface area contributed by atoms with Gasteiger partial charge >= 0.3 is 18.2 Å². The Bertz CT molecular complexity index is 518. The number of carbonyl (C=O) groups is 2. The Morgan fingerprint density at radius 3 is 2.52 bits per heavy atom. The molecule has 1 aromatic rings. The molecule has 2 amide bonds. The first kappa shape index (κ1) is 16.8. The summed E-state index contributed by atoms with van der Waals surface area (Å²) in [6, 6.07) is 5.07. The summed E-state index contributed by atoms with van der Waals surface area (Å²) in [5.74, 6) is -1.04. The lowest BCUT2D eigenvalue weighted by atomic mass is 10.1. The van der Waals surface area contributed by atoms with Crippen molar-refractivity contribution in [3.8, 4) is 0 Å². The molecular weight excluding hydrogens is 289 g/mol. The molecule has 0 aliphatic carbocycles. The topological polar surface area (TPSA) is 69.6 Å². The normalized spacial score (nSPS) is 11.0. The van der Waals surface area contributed by atoms with E-state index in [2.05, 4.69) is 5.32 Å². The second-order valence-corrected chi connectivity index (χ2v) is 4.33. The summed E-state index contributed by atoms with van der Waals surface area (Å²) in [5, 5.41) is 11.0. The summed E-state index contributed by atoms with van der Waals surface area (Å²) < 4.78 is 36.9. The molecule has 0 radical (unpaired) electrons. The van der Waals surface area contributed by atoms with Crippen LogP contribution in [0.4, 0.5) is 23.7 Å². The summed E-state index contributed by atoms with van der Waals surface area (Å²) in [7, 11) is 0. The third-order valence-corrected chi connectivity index (χ3v) is 2.57. The second kappa shape index (κ2) is 6.96. The lowest BCUT2D eigenvalue weighted by Gasteiger charge is -2.22. The van der Waals surface area contributed by atoms with Crippen molar-refractivity contribution in [1.82, 2.24) is 4.90 Å². The van der Waals surface area contributed by atoms with Crippen LogP contribution in [-0.2, 0) is 11.2 Å². The zero-order chi connectivity index (χ0) is 16.0. The number of carboxylic acid groups (broad SMARTS) is 1. The molecule has 0 heterocycles. The Hall–Kier alpha value is -2.25. The predicted octanol–water partition coefficient (Wildman–Crippen LogP) is 2.73. The minimum Gasteiger partial charge on any atom is -0.481 e. The van der Waals surface area contributed by atoms with Crippen molar-refractivity contribution in [3.05, 3.63) is 29.8 Å². The fourth-order valence-electron chi connectivity index (χ4n) is 1.68. The Balaban J connectivity index is 2.75. The van der Waals surface area contributed by atoms with E-state index in [0.717, 1.165) is 0 Å². The molecule has 0 fully saturated rings. The van der Waals surface area contributed by atoms with E-state index in [1.165, 1.54) is 25.1 Å². The molecule has 0 saturated carbocycles. The summed E-state index contributed by atoms with van der Waals surface area (Å²) in [6.45, 7) is -0.00349. The van der Waals surface area contributed by atoms with Gasteiger partial charge in [-0.25, -0.2) is 4.79 Å². The molecule has 0 aliphatic rings. The molecule has 116 valence electrons. The van der Waals surface area contributed by atoms with Gasteiger partial charge in [0.05, 0.1) is 6.42 Å². The average Bonchev–Trinajstić information content (AvgIpc) is 2.34. The number of hydrogen-bond acceptors (Lipinski definition) is 2. The van der Waals surface area contributed by atoms with Crippen LogP contribution in [0.15, 0.2) is 24.3 Å². The number of carbonyl (C=O) groups excluding carboxylic acids is 1. The van der Waals surface area contributed by atoms with Gasteiger partial charge in [0.25, 0.3) is 0 Å². The van der Waals surface area contributed by atoms with E-state index in [0.29, 0.717) is 10.5 Å². The van der Waals surface area contributed by atoms with E-state index in [-0.39, 0.29) is 18.7 Å². The fourth-order valence-corrected chi connectivity index (χ4v) is 1.68. The Morgan fingerprint density at radius 1 is 1.33 bits per heavy atom. The van der Waals surface area contributed by atoms with E-state index in [4.69, 9.17) is 5.11 Å². The molecule has 2 N–H and O–H groups in total. The van der Waals surface area contributed by atoms with Gasteiger partial charge in [-0.2, -0.15) is 13.2 Å². The molecule has 21 heavy (non-hydrogen) atoms. The molecule has 1 rings (SSSR count). The van der Waals surface area contributed by atoms with E-state index in [1.807, 2.05) is 0 Å². The Labute approximate surface area is 119 Å². The average molecular weight is 304 g/mol. The van der Waals surface area contributed by atoms with Gasteiger partial charge in [0.1, 0.15) is 6.54 Å². The van der Waals surface area contributed by atoms with Gasteiger partial charge in [0.2, 0.25) is 0 Å². The van der Waals surface area contributed by atoms with Crippen molar-refractivity contribution in [2.24, 2.45) is 0 Å². The number of anilines is 1. The van der Waals surface area contributed by atoms with E-state index in [9.17, 15) is 22.8 Å². The van der Waals surface area contributed by atoms with Crippen molar-refractivity contribution >= 4 is 17.7 Å². The number of rotatable bonds is 5. The first-order chi connectivity index (χ1) is 9.71. The lowest BCUT2D eigenvalue weighted by molar-refractivity contribution is -0.139. The highest BCUT2D eigenvalue weighted by molar-refractivity contribution is 5.89. The fraction of sp³-hybridized carbons (Fsp3) is 0.385. The summed E-state index contributed by atoms with van der Waals surface area (Å²) >= 11 is 0. The highest BCUT2D eigenvalue weighted by atomic mass is 19.4. The van der Waals surface area contributed by atoms with Gasteiger partial charge in [-0.1, -0.05) is 12.1 Å². The minimum absolute atomic E-state index is 0.0971. The van der Waals surface area contributed by atoms with Crippen LogP contribution in [0.2, 0.25) is 0 Å². The molecule has 0 aromatic heterocycles. The molecule has 0 spiro atoms. The third kappa shape index (κ3) is 6.15. The predicted molar refractivity (Wildman–Crippen MR) is 70.1 cm³/mol. The minimum atomic E-state index is -4.47. The number of aliphatic carboxylic acids is 1. The molecule has 0 aliphatic heterocycles. The Morgan fingerprint density at radius 2 is 2.00 bits per heavy atom. The highest BCUT2D eigenvalue weighted by Gasteiger charge is 2.32. The van der Waals surface area contributed by atoms with Crippen LogP contribution < -0.4 is 5.32 Å². The number of halogens is 3. The van der Waals surface area contributed by atoms with Crippen LogP contribution in [0, 0.1) is 0 Å². The Kier molecular flexibility index (Phi) is 5.57. The number of carboxylic acids is 1. The standard InChI is InChI=1S/C13H15F3N2O3/c1-2-18(8-13(14,15)16)12(21)17-10-5-3-4-9(6-10)7-11(19)20/h3-6H,2,7-8H2,1H3,(H,17,21)(H,19,20). The maximum absolute atomic E-state index is 12.3. The van der Waals surface area contributed by atoms with Crippen molar-refractivity contribution in [2.75, 3.05) is 18.4 Å². The summed E-state index contributed by atoms with van der Waals surface area (Å²) in [4.78, 5) is 23.0. The molecule has 0 atom stereocenters. The van der Waals surface area contributed by atoms with Crippen LogP contribution in [-0.4, -0.2) is 41.3 Å². The van der Waals surface area contributed by atoms with Crippen LogP contribution in [0.25, 0.3) is 0 Å². The number of urea groups is 1. The van der Waals surface area contributed by atoms with Crippen molar-refractivity contribution < 1.29 is 27.9 Å². The SMILES string of the molecule is CCN(CC(F)(F)F)C(=O)Nc1cccc(CC(=O)O)c1. The lowest BCUT2D eigenvalue weighted by Crippen LogP contribution is -2.41. The number of alkyl halides is 3. The van der Waals surface area contributed by atoms with E-state index in [1.54, 1.807) is 6.07 Å². The van der Waals surface area contributed by atoms with Gasteiger partial charge in [0, 0.05) is 12.2 Å². The molecule has 0 bridgehead atoms. The molecular formula is C13H15F3N2O3. The quantitative estimate of drug-likeness (QED) is 0.878. The second-order valence-electron chi connectivity index (χ2n) is 4.33. The first-order valence-electron chi connectivity index (χ1n) is 6.14. The van der Waals surface area contributed by atoms with E-state index < -0.39 is 24.7 Å². The smallest absolute Gasteiger partial charge is 0.406 e. The van der Waals surface area contributed by atoms with E-state index >= 15 is 0 Å². The first-order valence-corrected chi connectivity index (χ1v) is 6.14. The third-order valence-electron chi connectivity index (χ3n) is 2.57. The number of nitrogens with zero attached hydrogens (tertiary/aromatic N) is 1. The molecule has 0 unspecified atom stereocenters. The number of benzene rings is 1. The summed E-state index contributed by atoms with van der Waals surface area (Å²) in [6.07, 6.45) is -4.71. The summed E-state index contributed by atoms with van der Waals surface area (Å²) in [5.41, 5.74) is 0.693. The van der Waals surface area contributed by atoms with Crippen LogP contribution >= 0.6 is 0 Å².